The molecule has 1 fully saturated rings. The van der Waals surface area contributed by atoms with Crippen LogP contribution in [0.5, 0.6) is 0 Å². The molecule has 3 heteroatoms. The monoisotopic (exact) mass is 173 g/mol. The van der Waals surface area contributed by atoms with Gasteiger partial charge in [0.15, 0.2) is 0 Å². The summed E-state index contributed by atoms with van der Waals surface area (Å²) in [4.78, 5) is 0. The Kier molecular flexibility index (Phi) is 4.58. The molecule has 12 heavy (non-hydrogen) atoms. The number of ether oxygens (including phenoxy) is 1. The van der Waals surface area contributed by atoms with Gasteiger partial charge in [-0.3, -0.25) is 0 Å². The highest BCUT2D eigenvalue weighted by Crippen LogP contribution is 2.07. The summed E-state index contributed by atoms with van der Waals surface area (Å²) in [6, 6.07) is 0.701. The van der Waals surface area contributed by atoms with E-state index >= 15 is 0 Å². The molecule has 1 heterocycles. The Bertz CT molecular complexity index is 109. The molecule has 0 aliphatic carbocycles. The third kappa shape index (κ3) is 3.09. The first-order valence-electron chi connectivity index (χ1n) is 4.81. The first kappa shape index (κ1) is 9.96. The zero-order valence-electron chi connectivity index (χ0n) is 7.75. The van der Waals surface area contributed by atoms with Crippen molar-refractivity contribution in [3.63, 3.8) is 0 Å². The van der Waals surface area contributed by atoms with E-state index in [0.29, 0.717) is 6.04 Å². The van der Waals surface area contributed by atoms with Gasteiger partial charge in [0.05, 0.1) is 13.2 Å². The van der Waals surface area contributed by atoms with E-state index in [1.54, 1.807) is 0 Å². The molecule has 0 aromatic heterocycles. The van der Waals surface area contributed by atoms with Gasteiger partial charge in [-0.1, -0.05) is 6.92 Å². The van der Waals surface area contributed by atoms with E-state index in [1.165, 1.54) is 6.42 Å². The number of aliphatic hydroxyl groups excluding tert-OH is 1. The Morgan fingerprint density at radius 2 is 2.50 bits per heavy atom. The summed E-state index contributed by atoms with van der Waals surface area (Å²) in [6.45, 7) is 4.01. The summed E-state index contributed by atoms with van der Waals surface area (Å²) in [7, 11) is 0. The van der Waals surface area contributed by atoms with Crippen molar-refractivity contribution in [1.82, 2.24) is 5.32 Å². The number of hydrogen-bond acceptors (Lipinski definition) is 3. The number of rotatable bonds is 4. The fourth-order valence-corrected chi connectivity index (χ4v) is 1.51. The Balaban J connectivity index is 2.18. The summed E-state index contributed by atoms with van der Waals surface area (Å²) in [5.41, 5.74) is 0. The van der Waals surface area contributed by atoms with Gasteiger partial charge in [0, 0.05) is 18.7 Å². The van der Waals surface area contributed by atoms with Crippen LogP contribution in [0, 0.1) is 0 Å². The molecule has 0 amide bonds. The molecular weight excluding hydrogens is 154 g/mol. The Morgan fingerprint density at radius 1 is 1.67 bits per heavy atom. The lowest BCUT2D eigenvalue weighted by Crippen LogP contribution is -2.44. The van der Waals surface area contributed by atoms with Crippen molar-refractivity contribution in [2.24, 2.45) is 0 Å². The van der Waals surface area contributed by atoms with Crippen molar-refractivity contribution in [2.75, 3.05) is 19.8 Å². The molecule has 1 saturated heterocycles. The van der Waals surface area contributed by atoms with Crippen LogP contribution in [0.25, 0.3) is 0 Å². The minimum absolute atomic E-state index is 0.229. The fraction of sp³-hybridized carbons (Fsp3) is 1.00. The maximum Gasteiger partial charge on any atom is 0.0619 e. The highest BCUT2D eigenvalue weighted by Gasteiger charge is 2.16. The van der Waals surface area contributed by atoms with Gasteiger partial charge in [-0.05, 0) is 19.3 Å². The van der Waals surface area contributed by atoms with Crippen LogP contribution in [0.3, 0.4) is 0 Å². The molecule has 1 aliphatic rings. The summed E-state index contributed by atoms with van der Waals surface area (Å²) in [5, 5.41) is 12.3. The molecule has 3 nitrogen and oxygen atoms in total. The molecule has 0 radical (unpaired) electrons. The minimum Gasteiger partial charge on any atom is -0.395 e. The highest BCUT2D eigenvalue weighted by atomic mass is 16.5. The predicted octanol–water partition coefficient (Wildman–Crippen LogP) is 0.526. The Labute approximate surface area is 74.1 Å². The van der Waals surface area contributed by atoms with Crippen LogP contribution in [-0.2, 0) is 4.74 Å². The second-order valence-corrected chi connectivity index (χ2v) is 3.37. The molecule has 0 aromatic carbocycles. The molecular formula is C9H19NO2. The maximum atomic E-state index is 8.95. The van der Waals surface area contributed by atoms with Crippen molar-refractivity contribution < 1.29 is 9.84 Å². The van der Waals surface area contributed by atoms with Crippen molar-refractivity contribution in [3.8, 4) is 0 Å². The smallest absolute Gasteiger partial charge is 0.0619 e. The van der Waals surface area contributed by atoms with Gasteiger partial charge >= 0.3 is 0 Å². The second-order valence-electron chi connectivity index (χ2n) is 3.37. The molecule has 1 aliphatic heterocycles. The summed E-state index contributed by atoms with van der Waals surface area (Å²) in [5.74, 6) is 0. The molecule has 0 aromatic rings. The first-order chi connectivity index (χ1) is 5.86. The van der Waals surface area contributed by atoms with Crippen LogP contribution in [-0.4, -0.2) is 37.0 Å². The largest absolute Gasteiger partial charge is 0.395 e. The van der Waals surface area contributed by atoms with Crippen LogP contribution in [0.4, 0.5) is 0 Å². The van der Waals surface area contributed by atoms with Gasteiger partial charge in [-0.2, -0.15) is 0 Å². The van der Waals surface area contributed by atoms with Gasteiger partial charge in [0.1, 0.15) is 0 Å². The molecule has 2 N–H and O–H groups in total. The lowest BCUT2D eigenvalue weighted by molar-refractivity contribution is 0.0621. The third-order valence-corrected chi connectivity index (χ3v) is 2.34. The van der Waals surface area contributed by atoms with Crippen molar-refractivity contribution in [2.45, 2.75) is 38.3 Å². The Hall–Kier alpha value is -0.120. The van der Waals surface area contributed by atoms with Gasteiger partial charge < -0.3 is 15.2 Å². The summed E-state index contributed by atoms with van der Waals surface area (Å²) >= 11 is 0. The van der Waals surface area contributed by atoms with E-state index in [0.717, 1.165) is 26.1 Å². The van der Waals surface area contributed by atoms with Crippen molar-refractivity contribution in [3.05, 3.63) is 0 Å². The van der Waals surface area contributed by atoms with E-state index in [9.17, 15) is 0 Å². The van der Waals surface area contributed by atoms with Gasteiger partial charge in [-0.25, -0.2) is 0 Å². The average molecular weight is 173 g/mol. The van der Waals surface area contributed by atoms with Crippen LogP contribution >= 0.6 is 0 Å². The predicted molar refractivity (Wildman–Crippen MR) is 48.1 cm³/mol. The second kappa shape index (κ2) is 5.51. The first-order valence-corrected chi connectivity index (χ1v) is 4.81. The normalized spacial score (nSPS) is 27.0. The standard InChI is InChI=1S/C9H19NO2/c1-2-8(6-11)10-9-4-3-5-12-7-9/h8-11H,2-7H2,1H3/t8-,9?/m1/s1. The number of aliphatic hydroxyl groups is 1. The molecule has 0 spiro atoms. The lowest BCUT2D eigenvalue weighted by atomic mass is 10.1. The maximum absolute atomic E-state index is 8.95. The summed E-state index contributed by atoms with van der Waals surface area (Å²) < 4.78 is 5.33. The van der Waals surface area contributed by atoms with Gasteiger partial charge in [-0.15, -0.1) is 0 Å². The molecule has 2 atom stereocenters. The van der Waals surface area contributed by atoms with Crippen LogP contribution in [0.1, 0.15) is 26.2 Å². The van der Waals surface area contributed by atoms with Crippen LogP contribution in [0.15, 0.2) is 0 Å². The SMILES string of the molecule is CC[C@H](CO)NC1CCCOC1. The van der Waals surface area contributed by atoms with Crippen LogP contribution in [0.2, 0.25) is 0 Å². The lowest BCUT2D eigenvalue weighted by Gasteiger charge is -2.27. The number of hydrogen-bond donors (Lipinski definition) is 2. The van der Waals surface area contributed by atoms with Crippen molar-refractivity contribution >= 4 is 0 Å². The van der Waals surface area contributed by atoms with Crippen LogP contribution < -0.4 is 5.32 Å². The molecule has 0 saturated carbocycles. The topological polar surface area (TPSA) is 41.5 Å². The molecule has 1 unspecified atom stereocenters. The average Bonchev–Trinajstić information content (AvgIpc) is 2.16. The van der Waals surface area contributed by atoms with Crippen molar-refractivity contribution in [1.29, 1.82) is 0 Å². The van der Waals surface area contributed by atoms with E-state index in [1.807, 2.05) is 0 Å². The highest BCUT2D eigenvalue weighted by molar-refractivity contribution is 4.74. The van der Waals surface area contributed by atoms with Gasteiger partial charge in [0.2, 0.25) is 0 Å². The minimum atomic E-state index is 0.229. The van der Waals surface area contributed by atoms with E-state index in [-0.39, 0.29) is 12.6 Å². The molecule has 1 rings (SSSR count). The van der Waals surface area contributed by atoms with Gasteiger partial charge in [0.25, 0.3) is 0 Å². The molecule has 0 bridgehead atoms. The van der Waals surface area contributed by atoms with E-state index < -0.39 is 0 Å². The third-order valence-electron chi connectivity index (χ3n) is 2.34. The Morgan fingerprint density at radius 3 is 3.00 bits per heavy atom. The number of nitrogens with one attached hydrogen (secondary N) is 1. The summed E-state index contributed by atoms with van der Waals surface area (Å²) in [6.07, 6.45) is 3.29. The zero-order chi connectivity index (χ0) is 8.81. The zero-order valence-corrected chi connectivity index (χ0v) is 7.75. The van der Waals surface area contributed by atoms with E-state index in [2.05, 4.69) is 12.2 Å². The fourth-order valence-electron chi connectivity index (χ4n) is 1.51. The molecule has 72 valence electrons. The van der Waals surface area contributed by atoms with E-state index in [4.69, 9.17) is 9.84 Å². The quantitative estimate of drug-likeness (QED) is 0.651.